The third kappa shape index (κ3) is 2.31. The number of nitrogens with zero attached hydrogens (tertiary/aromatic N) is 1. The van der Waals surface area contributed by atoms with Gasteiger partial charge in [-0.3, -0.25) is 4.79 Å². The molecule has 1 aliphatic heterocycles. The van der Waals surface area contributed by atoms with E-state index in [1.54, 1.807) is 12.1 Å². The smallest absolute Gasteiger partial charge is 0.254 e. The van der Waals surface area contributed by atoms with E-state index < -0.39 is 0 Å². The van der Waals surface area contributed by atoms with Crippen LogP contribution in [-0.2, 0) is 0 Å². The van der Waals surface area contributed by atoms with Gasteiger partial charge >= 0.3 is 0 Å². The molecule has 1 amide bonds. The lowest BCUT2D eigenvalue weighted by Crippen LogP contribution is -2.40. The van der Waals surface area contributed by atoms with Crippen molar-refractivity contribution >= 4 is 17.5 Å². The first-order valence-electron chi connectivity index (χ1n) is 5.83. The number of aryl methyl sites for hydroxylation is 1. The minimum absolute atomic E-state index is 0.0552. The molecule has 0 bridgehead atoms. The van der Waals surface area contributed by atoms with Crippen LogP contribution in [-0.4, -0.2) is 29.4 Å². The molecular weight excluding hydrogens is 236 g/mol. The van der Waals surface area contributed by atoms with Gasteiger partial charge in [0.1, 0.15) is 0 Å². The van der Waals surface area contributed by atoms with Gasteiger partial charge in [-0.2, -0.15) is 0 Å². The van der Waals surface area contributed by atoms with E-state index >= 15 is 0 Å². The number of carbonyl (C=O) groups is 1. The summed E-state index contributed by atoms with van der Waals surface area (Å²) in [7, 11) is 0. The Morgan fingerprint density at radius 3 is 2.76 bits per heavy atom. The summed E-state index contributed by atoms with van der Waals surface area (Å²) < 4.78 is 0. The molecule has 1 fully saturated rings. The zero-order valence-corrected chi connectivity index (χ0v) is 10.9. The molecule has 0 aliphatic carbocycles. The van der Waals surface area contributed by atoms with Gasteiger partial charge in [-0.25, -0.2) is 0 Å². The molecule has 0 saturated carbocycles. The summed E-state index contributed by atoms with van der Waals surface area (Å²) in [6.07, 6.45) is 0.875. The molecule has 0 spiro atoms. The Bertz CT molecular complexity index is 447. The molecule has 2 unspecified atom stereocenters. The molecule has 2 atom stereocenters. The Morgan fingerprint density at radius 1 is 1.53 bits per heavy atom. The zero-order chi connectivity index (χ0) is 12.6. The average molecular weight is 253 g/mol. The molecule has 3 nitrogen and oxygen atoms in total. The van der Waals surface area contributed by atoms with Crippen LogP contribution in [0.5, 0.6) is 0 Å². The maximum Gasteiger partial charge on any atom is 0.254 e. The van der Waals surface area contributed by atoms with Gasteiger partial charge in [0.15, 0.2) is 0 Å². The second-order valence-corrected chi connectivity index (χ2v) is 5.09. The van der Waals surface area contributed by atoms with Crippen LogP contribution in [0.25, 0.3) is 0 Å². The summed E-state index contributed by atoms with van der Waals surface area (Å²) in [5.41, 5.74) is 7.56. The van der Waals surface area contributed by atoms with E-state index in [0.29, 0.717) is 5.02 Å². The van der Waals surface area contributed by atoms with E-state index in [9.17, 15) is 4.79 Å². The number of benzene rings is 1. The van der Waals surface area contributed by atoms with Crippen molar-refractivity contribution in [3.05, 3.63) is 34.3 Å². The Morgan fingerprint density at radius 2 is 2.24 bits per heavy atom. The minimum atomic E-state index is 0.0552. The van der Waals surface area contributed by atoms with Gasteiger partial charge in [-0.15, -0.1) is 0 Å². The fraction of sp³-hybridized carbons (Fsp3) is 0.462. The van der Waals surface area contributed by atoms with E-state index in [4.69, 9.17) is 17.3 Å². The summed E-state index contributed by atoms with van der Waals surface area (Å²) >= 11 is 5.89. The molecule has 1 aliphatic rings. The first-order valence-corrected chi connectivity index (χ1v) is 6.21. The van der Waals surface area contributed by atoms with Crippen LogP contribution in [0.4, 0.5) is 0 Å². The van der Waals surface area contributed by atoms with Gasteiger partial charge in [0, 0.05) is 29.2 Å². The summed E-state index contributed by atoms with van der Waals surface area (Å²) in [4.78, 5) is 14.2. The second-order valence-electron chi connectivity index (χ2n) is 4.65. The molecule has 2 rings (SSSR count). The number of likely N-dealkylation sites (tertiary alicyclic amines) is 1. The number of hydrogen-bond donors (Lipinski definition) is 1. The van der Waals surface area contributed by atoms with E-state index in [1.807, 2.05) is 24.8 Å². The molecule has 2 N–H and O–H groups in total. The number of hydrogen-bond acceptors (Lipinski definition) is 2. The summed E-state index contributed by atoms with van der Waals surface area (Å²) in [5, 5.41) is 0.658. The highest BCUT2D eigenvalue weighted by Crippen LogP contribution is 2.22. The normalized spacial score (nSPS) is 24.1. The van der Waals surface area contributed by atoms with Crippen LogP contribution >= 0.6 is 11.6 Å². The maximum atomic E-state index is 12.4. The molecule has 1 heterocycles. The van der Waals surface area contributed by atoms with Crippen molar-refractivity contribution in [2.75, 3.05) is 6.54 Å². The lowest BCUT2D eigenvalue weighted by molar-refractivity contribution is 0.0742. The Kier molecular flexibility index (Phi) is 3.40. The zero-order valence-electron chi connectivity index (χ0n) is 10.1. The Labute approximate surface area is 107 Å². The van der Waals surface area contributed by atoms with Crippen LogP contribution in [0.15, 0.2) is 18.2 Å². The molecule has 0 aromatic heterocycles. The molecule has 4 heteroatoms. The fourth-order valence-electron chi connectivity index (χ4n) is 2.27. The van der Waals surface area contributed by atoms with Crippen LogP contribution in [0.2, 0.25) is 5.02 Å². The van der Waals surface area contributed by atoms with Crippen molar-refractivity contribution in [3.8, 4) is 0 Å². The predicted molar refractivity (Wildman–Crippen MR) is 69.3 cm³/mol. The van der Waals surface area contributed by atoms with Crippen LogP contribution < -0.4 is 5.73 Å². The van der Waals surface area contributed by atoms with Crippen molar-refractivity contribution < 1.29 is 4.79 Å². The van der Waals surface area contributed by atoms with Gasteiger partial charge in [0.05, 0.1) is 0 Å². The lowest BCUT2D eigenvalue weighted by Gasteiger charge is -2.24. The van der Waals surface area contributed by atoms with E-state index in [2.05, 4.69) is 0 Å². The summed E-state index contributed by atoms with van der Waals surface area (Å²) in [6, 6.07) is 5.55. The summed E-state index contributed by atoms with van der Waals surface area (Å²) in [6.45, 7) is 4.64. The highest BCUT2D eigenvalue weighted by Gasteiger charge is 2.32. The van der Waals surface area contributed by atoms with E-state index in [0.717, 1.165) is 24.1 Å². The highest BCUT2D eigenvalue weighted by molar-refractivity contribution is 6.30. The number of amides is 1. The van der Waals surface area contributed by atoms with Crippen molar-refractivity contribution in [2.24, 2.45) is 5.73 Å². The van der Waals surface area contributed by atoms with Crippen LogP contribution in [0.3, 0.4) is 0 Å². The van der Waals surface area contributed by atoms with Gasteiger partial charge in [-0.05, 0) is 44.0 Å². The largest absolute Gasteiger partial charge is 0.334 e. The molecule has 1 aromatic carbocycles. The monoisotopic (exact) mass is 252 g/mol. The van der Waals surface area contributed by atoms with Gasteiger partial charge in [0.25, 0.3) is 5.91 Å². The molecule has 92 valence electrons. The number of halogens is 1. The molecule has 1 saturated heterocycles. The first-order chi connectivity index (χ1) is 8.00. The van der Waals surface area contributed by atoms with Crippen LogP contribution in [0.1, 0.15) is 29.3 Å². The number of carbonyl (C=O) groups excluding carboxylic acids is 1. The molecular formula is C13H17ClN2O. The number of nitrogens with two attached hydrogens (primary N) is 1. The first kappa shape index (κ1) is 12.4. The highest BCUT2D eigenvalue weighted by atomic mass is 35.5. The molecule has 0 radical (unpaired) electrons. The van der Waals surface area contributed by atoms with Crippen LogP contribution in [0, 0.1) is 6.92 Å². The van der Waals surface area contributed by atoms with Crippen molar-refractivity contribution in [2.45, 2.75) is 32.4 Å². The Hall–Kier alpha value is -1.06. The second kappa shape index (κ2) is 4.67. The van der Waals surface area contributed by atoms with E-state index in [1.165, 1.54) is 0 Å². The maximum absolute atomic E-state index is 12.4. The van der Waals surface area contributed by atoms with Gasteiger partial charge in [0.2, 0.25) is 0 Å². The van der Waals surface area contributed by atoms with Crippen molar-refractivity contribution in [3.63, 3.8) is 0 Å². The average Bonchev–Trinajstić information content (AvgIpc) is 2.59. The standard InChI is InChI=1S/C13H17ClN2O/c1-8-7-10(14)3-4-11(8)13(17)16-6-5-12(15)9(16)2/h3-4,7,9,12H,5-6,15H2,1-2H3. The Balaban J connectivity index is 2.26. The van der Waals surface area contributed by atoms with E-state index in [-0.39, 0.29) is 18.0 Å². The van der Waals surface area contributed by atoms with Crippen molar-refractivity contribution in [1.82, 2.24) is 4.90 Å². The lowest BCUT2D eigenvalue weighted by atomic mass is 10.1. The summed E-state index contributed by atoms with van der Waals surface area (Å²) in [5.74, 6) is 0.0552. The van der Waals surface area contributed by atoms with Gasteiger partial charge in [-0.1, -0.05) is 11.6 Å². The molecule has 17 heavy (non-hydrogen) atoms. The number of rotatable bonds is 1. The predicted octanol–water partition coefficient (Wildman–Crippen LogP) is 2.21. The molecule has 1 aromatic rings. The third-order valence-electron chi connectivity index (χ3n) is 3.49. The third-order valence-corrected chi connectivity index (χ3v) is 3.73. The fourth-order valence-corrected chi connectivity index (χ4v) is 2.50. The van der Waals surface area contributed by atoms with Crippen molar-refractivity contribution in [1.29, 1.82) is 0 Å². The topological polar surface area (TPSA) is 46.3 Å². The van der Waals surface area contributed by atoms with Gasteiger partial charge < -0.3 is 10.6 Å². The quantitative estimate of drug-likeness (QED) is 0.833. The minimum Gasteiger partial charge on any atom is -0.334 e. The SMILES string of the molecule is Cc1cc(Cl)ccc1C(=O)N1CCC(N)C1C.